The average molecular weight is 299 g/mol. The standard InChI is InChI=1S/C19H38O2/c1-15(2)6-4-7-16(3)8-5-9-17-10-11-18(13-20)19(12-17)14-21/h15-21H,4-14H2,1-3H3. The van der Waals surface area contributed by atoms with Crippen molar-refractivity contribution in [1.82, 2.24) is 0 Å². The van der Waals surface area contributed by atoms with E-state index in [1.807, 2.05) is 0 Å². The van der Waals surface area contributed by atoms with Crippen molar-refractivity contribution >= 4 is 0 Å². The Morgan fingerprint density at radius 1 is 0.857 bits per heavy atom. The number of hydrogen-bond donors (Lipinski definition) is 2. The van der Waals surface area contributed by atoms with Gasteiger partial charge in [0.1, 0.15) is 0 Å². The van der Waals surface area contributed by atoms with Crippen LogP contribution in [0.5, 0.6) is 0 Å². The summed E-state index contributed by atoms with van der Waals surface area (Å²) < 4.78 is 0. The first-order chi connectivity index (χ1) is 10.1. The molecule has 0 spiro atoms. The molecule has 0 aromatic rings. The Balaban J connectivity index is 2.12. The predicted molar refractivity (Wildman–Crippen MR) is 90.2 cm³/mol. The molecular formula is C19H38O2. The van der Waals surface area contributed by atoms with E-state index < -0.39 is 0 Å². The zero-order chi connectivity index (χ0) is 15.7. The molecule has 0 aliphatic heterocycles. The molecule has 1 aliphatic rings. The predicted octanol–water partition coefficient (Wildman–Crippen LogP) is 4.64. The van der Waals surface area contributed by atoms with Crippen molar-refractivity contribution < 1.29 is 10.2 Å². The van der Waals surface area contributed by atoms with Gasteiger partial charge in [-0.1, -0.05) is 65.7 Å². The van der Waals surface area contributed by atoms with Gasteiger partial charge in [-0.05, 0) is 42.4 Å². The molecule has 1 saturated carbocycles. The largest absolute Gasteiger partial charge is 0.396 e. The van der Waals surface area contributed by atoms with Gasteiger partial charge in [0.2, 0.25) is 0 Å². The number of aliphatic hydroxyl groups is 2. The maximum Gasteiger partial charge on any atom is 0.0462 e. The molecule has 126 valence electrons. The van der Waals surface area contributed by atoms with Crippen molar-refractivity contribution in [2.45, 2.75) is 78.6 Å². The van der Waals surface area contributed by atoms with Crippen molar-refractivity contribution in [3.8, 4) is 0 Å². The topological polar surface area (TPSA) is 40.5 Å². The van der Waals surface area contributed by atoms with Crippen LogP contribution in [0, 0.1) is 29.6 Å². The molecule has 1 rings (SSSR count). The third-order valence-corrected chi connectivity index (χ3v) is 5.51. The van der Waals surface area contributed by atoms with E-state index in [0.717, 1.165) is 30.6 Å². The number of rotatable bonds is 10. The lowest BCUT2D eigenvalue weighted by molar-refractivity contribution is 0.0619. The van der Waals surface area contributed by atoms with Crippen molar-refractivity contribution in [2.75, 3.05) is 13.2 Å². The van der Waals surface area contributed by atoms with Crippen LogP contribution in [0.15, 0.2) is 0 Å². The Morgan fingerprint density at radius 2 is 1.52 bits per heavy atom. The van der Waals surface area contributed by atoms with Gasteiger partial charge < -0.3 is 10.2 Å². The van der Waals surface area contributed by atoms with Crippen LogP contribution in [0.25, 0.3) is 0 Å². The highest BCUT2D eigenvalue weighted by molar-refractivity contribution is 4.79. The zero-order valence-electron chi connectivity index (χ0n) is 14.6. The monoisotopic (exact) mass is 298 g/mol. The summed E-state index contributed by atoms with van der Waals surface area (Å²) in [5, 5.41) is 18.8. The Kier molecular flexibility index (Phi) is 9.59. The minimum atomic E-state index is 0.255. The van der Waals surface area contributed by atoms with Crippen LogP contribution in [0.1, 0.15) is 78.6 Å². The molecule has 0 radical (unpaired) electrons. The average Bonchev–Trinajstić information content (AvgIpc) is 2.46. The van der Waals surface area contributed by atoms with Crippen LogP contribution < -0.4 is 0 Å². The number of aliphatic hydroxyl groups excluding tert-OH is 2. The molecule has 2 N–H and O–H groups in total. The molecule has 2 heteroatoms. The second kappa shape index (κ2) is 10.6. The molecule has 0 aromatic heterocycles. The van der Waals surface area contributed by atoms with Crippen molar-refractivity contribution in [2.24, 2.45) is 29.6 Å². The van der Waals surface area contributed by atoms with Gasteiger partial charge >= 0.3 is 0 Å². The van der Waals surface area contributed by atoms with Gasteiger partial charge in [0.05, 0.1) is 0 Å². The van der Waals surface area contributed by atoms with Crippen LogP contribution in [-0.2, 0) is 0 Å². The zero-order valence-corrected chi connectivity index (χ0v) is 14.6. The first-order valence-electron chi connectivity index (χ1n) is 9.28. The molecule has 4 atom stereocenters. The normalized spacial score (nSPS) is 28.0. The summed E-state index contributed by atoms with van der Waals surface area (Å²) >= 11 is 0. The molecule has 0 heterocycles. The summed E-state index contributed by atoms with van der Waals surface area (Å²) in [6.45, 7) is 7.54. The maximum absolute atomic E-state index is 9.45. The molecule has 1 fully saturated rings. The molecule has 2 nitrogen and oxygen atoms in total. The smallest absolute Gasteiger partial charge is 0.0462 e. The van der Waals surface area contributed by atoms with E-state index in [-0.39, 0.29) is 13.2 Å². The van der Waals surface area contributed by atoms with E-state index in [9.17, 15) is 10.2 Å². The molecule has 0 amide bonds. The SMILES string of the molecule is CC(C)CCCC(C)CCCC1CCC(CO)C(CO)C1. The third kappa shape index (κ3) is 7.65. The highest BCUT2D eigenvalue weighted by Crippen LogP contribution is 2.36. The van der Waals surface area contributed by atoms with Gasteiger partial charge in [-0.25, -0.2) is 0 Å². The number of hydrogen-bond acceptors (Lipinski definition) is 2. The van der Waals surface area contributed by atoms with Crippen LogP contribution >= 0.6 is 0 Å². The Morgan fingerprint density at radius 3 is 2.14 bits per heavy atom. The van der Waals surface area contributed by atoms with E-state index in [0.29, 0.717) is 11.8 Å². The molecule has 0 bridgehead atoms. The summed E-state index contributed by atoms with van der Waals surface area (Å²) in [6.07, 6.45) is 11.7. The molecule has 4 unspecified atom stereocenters. The first-order valence-corrected chi connectivity index (χ1v) is 9.28. The minimum absolute atomic E-state index is 0.255. The Labute approximate surface area is 132 Å². The fourth-order valence-electron chi connectivity index (χ4n) is 3.92. The van der Waals surface area contributed by atoms with Crippen molar-refractivity contribution in [3.63, 3.8) is 0 Å². The van der Waals surface area contributed by atoms with Gasteiger partial charge in [0.15, 0.2) is 0 Å². The molecule has 1 aliphatic carbocycles. The summed E-state index contributed by atoms with van der Waals surface area (Å²) in [6, 6.07) is 0. The second-order valence-corrected chi connectivity index (χ2v) is 7.93. The first kappa shape index (κ1) is 19.0. The van der Waals surface area contributed by atoms with Crippen LogP contribution in [-0.4, -0.2) is 23.4 Å². The maximum atomic E-state index is 9.45. The molecule has 0 aromatic carbocycles. The lowest BCUT2D eigenvalue weighted by atomic mass is 9.73. The third-order valence-electron chi connectivity index (χ3n) is 5.51. The fourth-order valence-corrected chi connectivity index (χ4v) is 3.92. The highest BCUT2D eigenvalue weighted by atomic mass is 16.3. The fraction of sp³-hybridized carbons (Fsp3) is 1.00. The Bertz CT molecular complexity index is 252. The van der Waals surface area contributed by atoms with Gasteiger partial charge in [0, 0.05) is 13.2 Å². The quantitative estimate of drug-likeness (QED) is 0.617. The Hall–Kier alpha value is -0.0800. The van der Waals surface area contributed by atoms with Crippen LogP contribution in [0.3, 0.4) is 0 Å². The lowest BCUT2D eigenvalue weighted by Gasteiger charge is -2.34. The molecular weight excluding hydrogens is 260 g/mol. The van der Waals surface area contributed by atoms with E-state index in [1.54, 1.807) is 0 Å². The highest BCUT2D eigenvalue weighted by Gasteiger charge is 2.29. The van der Waals surface area contributed by atoms with Gasteiger partial charge in [-0.15, -0.1) is 0 Å². The van der Waals surface area contributed by atoms with E-state index in [1.165, 1.54) is 44.9 Å². The summed E-state index contributed by atoms with van der Waals surface area (Å²) in [4.78, 5) is 0. The van der Waals surface area contributed by atoms with Crippen molar-refractivity contribution in [1.29, 1.82) is 0 Å². The van der Waals surface area contributed by atoms with Gasteiger partial charge in [-0.2, -0.15) is 0 Å². The van der Waals surface area contributed by atoms with E-state index >= 15 is 0 Å². The second-order valence-electron chi connectivity index (χ2n) is 7.93. The lowest BCUT2D eigenvalue weighted by Crippen LogP contribution is -2.29. The summed E-state index contributed by atoms with van der Waals surface area (Å²) in [5.74, 6) is 3.19. The van der Waals surface area contributed by atoms with Gasteiger partial charge in [0.25, 0.3) is 0 Å². The van der Waals surface area contributed by atoms with E-state index in [4.69, 9.17) is 0 Å². The minimum Gasteiger partial charge on any atom is -0.396 e. The van der Waals surface area contributed by atoms with Crippen LogP contribution in [0.4, 0.5) is 0 Å². The van der Waals surface area contributed by atoms with E-state index in [2.05, 4.69) is 20.8 Å². The van der Waals surface area contributed by atoms with Crippen LogP contribution in [0.2, 0.25) is 0 Å². The van der Waals surface area contributed by atoms with Crippen molar-refractivity contribution in [3.05, 3.63) is 0 Å². The summed E-state index contributed by atoms with van der Waals surface area (Å²) in [7, 11) is 0. The molecule has 0 saturated heterocycles. The molecule has 21 heavy (non-hydrogen) atoms. The van der Waals surface area contributed by atoms with Gasteiger partial charge in [-0.3, -0.25) is 0 Å². The summed E-state index contributed by atoms with van der Waals surface area (Å²) in [5.41, 5.74) is 0.